The summed E-state index contributed by atoms with van der Waals surface area (Å²) < 4.78 is 6.29. The second kappa shape index (κ2) is 5.63. The molecule has 0 fully saturated rings. The van der Waals surface area contributed by atoms with Crippen molar-refractivity contribution in [3.63, 3.8) is 0 Å². The molecular formula is C11H9IN2O2S. The highest BCUT2D eigenvalue weighted by Gasteiger charge is 2.09. The maximum Gasteiger partial charge on any atom is 0.277 e. The Bertz CT molecular complexity index is 525. The maximum atomic E-state index is 11.8. The van der Waals surface area contributed by atoms with Crippen LogP contribution in [-0.2, 0) is 0 Å². The smallest absolute Gasteiger partial charge is 0.277 e. The molecule has 0 radical (unpaired) electrons. The fourth-order valence-electron chi connectivity index (χ4n) is 1.18. The summed E-state index contributed by atoms with van der Waals surface area (Å²) in [7, 11) is 0. The van der Waals surface area contributed by atoms with Crippen molar-refractivity contribution in [3.8, 4) is 0 Å². The molecule has 1 aromatic carbocycles. The molecule has 2 aromatic rings. The first-order valence-electron chi connectivity index (χ1n) is 4.87. The number of carbonyl (C=O) groups excluding carboxylic acids is 1. The van der Waals surface area contributed by atoms with Gasteiger partial charge in [0.05, 0.1) is 5.75 Å². The predicted molar refractivity (Wildman–Crippen MR) is 73.2 cm³/mol. The van der Waals surface area contributed by atoms with E-state index in [4.69, 9.17) is 4.42 Å². The average Bonchev–Trinajstić information content (AvgIpc) is 2.73. The van der Waals surface area contributed by atoms with Crippen molar-refractivity contribution < 1.29 is 9.21 Å². The van der Waals surface area contributed by atoms with Gasteiger partial charge in [0.2, 0.25) is 5.89 Å². The van der Waals surface area contributed by atoms with Gasteiger partial charge in [-0.3, -0.25) is 4.79 Å². The van der Waals surface area contributed by atoms with Crippen LogP contribution in [0, 0.1) is 10.5 Å². The van der Waals surface area contributed by atoms with Crippen molar-refractivity contribution in [1.29, 1.82) is 0 Å². The summed E-state index contributed by atoms with van der Waals surface area (Å²) in [6.45, 7) is 1.72. The fourth-order valence-corrected chi connectivity index (χ4v) is 2.24. The Morgan fingerprint density at radius 1 is 1.35 bits per heavy atom. The summed E-state index contributed by atoms with van der Waals surface area (Å²) in [6, 6.07) is 7.47. The van der Waals surface area contributed by atoms with E-state index in [-0.39, 0.29) is 5.78 Å². The molecule has 1 aromatic heterocycles. The number of ketones is 1. The van der Waals surface area contributed by atoms with Gasteiger partial charge in [-0.25, -0.2) is 0 Å². The lowest BCUT2D eigenvalue weighted by Gasteiger charge is -1.98. The molecule has 0 N–H and O–H groups in total. The lowest BCUT2D eigenvalue weighted by atomic mass is 10.2. The van der Waals surface area contributed by atoms with Crippen LogP contribution in [0.2, 0.25) is 0 Å². The minimum Gasteiger partial charge on any atom is -0.416 e. The van der Waals surface area contributed by atoms with E-state index in [2.05, 4.69) is 32.8 Å². The quantitative estimate of drug-likeness (QED) is 0.477. The Hall–Kier alpha value is -0.890. The van der Waals surface area contributed by atoms with E-state index < -0.39 is 0 Å². The molecule has 88 valence electrons. The van der Waals surface area contributed by atoms with Crippen LogP contribution in [0.15, 0.2) is 33.9 Å². The van der Waals surface area contributed by atoms with Crippen molar-refractivity contribution in [3.05, 3.63) is 39.3 Å². The van der Waals surface area contributed by atoms with Gasteiger partial charge in [0, 0.05) is 16.1 Å². The number of aromatic nitrogens is 2. The number of rotatable bonds is 4. The molecule has 2 rings (SSSR count). The molecule has 1 heterocycles. The molecule has 0 amide bonds. The Balaban J connectivity index is 1.95. The zero-order chi connectivity index (χ0) is 12.3. The first-order chi connectivity index (χ1) is 8.15. The van der Waals surface area contributed by atoms with Crippen LogP contribution in [0.25, 0.3) is 0 Å². The third-order valence-electron chi connectivity index (χ3n) is 2.00. The Morgan fingerprint density at radius 3 is 2.65 bits per heavy atom. The molecule has 0 aliphatic heterocycles. The topological polar surface area (TPSA) is 56.0 Å². The van der Waals surface area contributed by atoms with Gasteiger partial charge >= 0.3 is 0 Å². The average molecular weight is 360 g/mol. The lowest BCUT2D eigenvalue weighted by Crippen LogP contribution is -2.02. The number of thioether (sulfide) groups is 1. The van der Waals surface area contributed by atoms with Gasteiger partial charge in [-0.15, -0.1) is 10.2 Å². The van der Waals surface area contributed by atoms with Gasteiger partial charge in [0.15, 0.2) is 5.78 Å². The molecule has 0 saturated carbocycles. The molecule has 0 aliphatic carbocycles. The molecule has 0 atom stereocenters. The number of nitrogens with zero attached hydrogens (tertiary/aromatic N) is 2. The summed E-state index contributed by atoms with van der Waals surface area (Å²) in [4.78, 5) is 11.8. The highest BCUT2D eigenvalue weighted by molar-refractivity contribution is 14.1. The number of hydrogen-bond donors (Lipinski definition) is 0. The zero-order valence-corrected chi connectivity index (χ0v) is 12.0. The minimum atomic E-state index is 0.0576. The molecular weight excluding hydrogens is 351 g/mol. The standard InChI is InChI=1S/C11H9IN2O2S/c1-7-13-14-11(16-7)17-6-10(15)8-2-4-9(12)5-3-8/h2-5H,6H2,1H3. The Morgan fingerprint density at radius 2 is 2.06 bits per heavy atom. The summed E-state index contributed by atoms with van der Waals surface area (Å²) >= 11 is 3.46. The highest BCUT2D eigenvalue weighted by atomic mass is 127. The summed E-state index contributed by atoms with van der Waals surface area (Å²) in [5, 5.41) is 7.95. The number of Topliss-reactive ketones (excluding diaryl/α,β-unsaturated/α-hetero) is 1. The summed E-state index contributed by atoms with van der Waals surface area (Å²) in [5.41, 5.74) is 0.703. The molecule has 0 aliphatic rings. The fraction of sp³-hybridized carbons (Fsp3) is 0.182. The van der Waals surface area contributed by atoms with Crippen LogP contribution in [0.3, 0.4) is 0 Å². The van der Waals surface area contributed by atoms with Crippen LogP contribution in [0.4, 0.5) is 0 Å². The van der Waals surface area contributed by atoms with Crippen molar-refractivity contribution in [1.82, 2.24) is 10.2 Å². The van der Waals surface area contributed by atoms with E-state index in [1.807, 2.05) is 24.3 Å². The van der Waals surface area contributed by atoms with E-state index in [0.717, 1.165) is 3.57 Å². The van der Waals surface area contributed by atoms with Crippen molar-refractivity contribution in [2.75, 3.05) is 5.75 Å². The second-order valence-electron chi connectivity index (χ2n) is 3.31. The van der Waals surface area contributed by atoms with Gasteiger partial charge in [-0.1, -0.05) is 23.9 Å². The van der Waals surface area contributed by atoms with Crippen molar-refractivity contribution in [2.24, 2.45) is 0 Å². The molecule has 0 unspecified atom stereocenters. The van der Waals surface area contributed by atoms with E-state index in [1.165, 1.54) is 11.8 Å². The molecule has 4 nitrogen and oxygen atoms in total. The number of hydrogen-bond acceptors (Lipinski definition) is 5. The first kappa shape index (κ1) is 12.6. The second-order valence-corrected chi connectivity index (χ2v) is 5.48. The first-order valence-corrected chi connectivity index (χ1v) is 6.93. The van der Waals surface area contributed by atoms with Crippen LogP contribution in [0.1, 0.15) is 16.2 Å². The van der Waals surface area contributed by atoms with Gasteiger partial charge in [0.25, 0.3) is 5.22 Å². The molecule has 6 heteroatoms. The van der Waals surface area contributed by atoms with Crippen LogP contribution >= 0.6 is 34.4 Å². The third kappa shape index (κ3) is 3.53. The Kier molecular flexibility index (Phi) is 4.16. The van der Waals surface area contributed by atoms with E-state index >= 15 is 0 Å². The molecule has 0 bridgehead atoms. The van der Waals surface area contributed by atoms with Crippen LogP contribution in [-0.4, -0.2) is 21.7 Å². The van der Waals surface area contributed by atoms with E-state index in [1.54, 1.807) is 6.92 Å². The number of benzene rings is 1. The normalized spacial score (nSPS) is 10.5. The molecule has 17 heavy (non-hydrogen) atoms. The van der Waals surface area contributed by atoms with Gasteiger partial charge in [-0.2, -0.15) is 0 Å². The molecule has 0 saturated heterocycles. The number of carbonyl (C=O) groups is 1. The van der Waals surface area contributed by atoms with Crippen molar-refractivity contribution >= 4 is 40.1 Å². The largest absolute Gasteiger partial charge is 0.416 e. The zero-order valence-electron chi connectivity index (χ0n) is 9.01. The SMILES string of the molecule is Cc1nnc(SCC(=O)c2ccc(I)cc2)o1. The van der Waals surface area contributed by atoms with Gasteiger partial charge < -0.3 is 4.42 Å². The lowest BCUT2D eigenvalue weighted by molar-refractivity contribution is 0.102. The van der Waals surface area contributed by atoms with Gasteiger partial charge in [-0.05, 0) is 34.7 Å². The predicted octanol–water partition coefficient (Wildman–Crippen LogP) is 2.96. The van der Waals surface area contributed by atoms with Gasteiger partial charge in [0.1, 0.15) is 0 Å². The summed E-state index contributed by atoms with van der Waals surface area (Å²) in [6.07, 6.45) is 0. The highest BCUT2D eigenvalue weighted by Crippen LogP contribution is 2.17. The van der Waals surface area contributed by atoms with Crippen molar-refractivity contribution in [2.45, 2.75) is 12.1 Å². The summed E-state index contributed by atoms with van der Waals surface area (Å²) in [5.74, 6) is 0.874. The number of halogens is 1. The van der Waals surface area contributed by atoms with Crippen LogP contribution in [0.5, 0.6) is 0 Å². The van der Waals surface area contributed by atoms with E-state index in [9.17, 15) is 4.79 Å². The maximum absolute atomic E-state index is 11.8. The monoisotopic (exact) mass is 360 g/mol. The number of aryl methyl sites for hydroxylation is 1. The van der Waals surface area contributed by atoms with Crippen LogP contribution < -0.4 is 0 Å². The van der Waals surface area contributed by atoms with E-state index in [0.29, 0.717) is 22.4 Å². The third-order valence-corrected chi connectivity index (χ3v) is 3.54. The molecule has 0 spiro atoms. The Labute approximate surface area is 116 Å². The minimum absolute atomic E-state index is 0.0576.